The minimum Gasteiger partial charge on any atom is -0.208 e. The Morgan fingerprint density at radius 3 is 1.42 bits per heavy atom. The Hall–Kier alpha value is -6.97. The summed E-state index contributed by atoms with van der Waals surface area (Å²) < 4.78 is 0. The zero-order valence-electron chi connectivity index (χ0n) is 28.9. The number of hydrogen-bond acceptors (Lipinski definition) is 3. The van der Waals surface area contributed by atoms with Crippen molar-refractivity contribution in [2.24, 2.45) is 0 Å². The molecule has 53 heavy (non-hydrogen) atoms. The van der Waals surface area contributed by atoms with Gasteiger partial charge in [0, 0.05) is 16.7 Å². The third kappa shape index (κ3) is 4.93. The fourth-order valence-corrected chi connectivity index (χ4v) is 8.37. The molecule has 1 heterocycles. The summed E-state index contributed by atoms with van der Waals surface area (Å²) in [6.07, 6.45) is 0. The smallest absolute Gasteiger partial charge is 0.165 e. The van der Waals surface area contributed by atoms with Gasteiger partial charge in [0.2, 0.25) is 0 Å². The first-order valence-corrected chi connectivity index (χ1v) is 18.0. The van der Waals surface area contributed by atoms with Gasteiger partial charge in [0.05, 0.1) is 5.41 Å². The molecule has 248 valence electrons. The van der Waals surface area contributed by atoms with Crippen LogP contribution in [0.2, 0.25) is 0 Å². The second-order valence-corrected chi connectivity index (χ2v) is 13.5. The van der Waals surface area contributed by atoms with Crippen molar-refractivity contribution < 1.29 is 0 Å². The average Bonchev–Trinajstić information content (AvgIpc) is 3.56. The monoisotopic (exact) mass is 675 g/mol. The van der Waals surface area contributed by atoms with Crippen molar-refractivity contribution in [3.63, 3.8) is 0 Å². The van der Waals surface area contributed by atoms with E-state index in [-0.39, 0.29) is 0 Å². The van der Waals surface area contributed by atoms with Gasteiger partial charge in [-0.1, -0.05) is 200 Å². The van der Waals surface area contributed by atoms with Crippen LogP contribution in [0.15, 0.2) is 200 Å². The largest absolute Gasteiger partial charge is 0.208 e. The number of benzene rings is 8. The van der Waals surface area contributed by atoms with Gasteiger partial charge in [-0.05, 0) is 55.3 Å². The van der Waals surface area contributed by atoms with E-state index in [0.717, 1.165) is 38.6 Å². The maximum atomic E-state index is 5.28. The van der Waals surface area contributed by atoms with Gasteiger partial charge in [-0.2, -0.15) is 0 Å². The van der Waals surface area contributed by atoms with E-state index >= 15 is 0 Å². The molecule has 0 fully saturated rings. The Morgan fingerprint density at radius 2 is 0.774 bits per heavy atom. The molecular weight excluding hydrogens is 643 g/mol. The second kappa shape index (κ2) is 12.7. The molecule has 0 aliphatic heterocycles. The van der Waals surface area contributed by atoms with Crippen LogP contribution in [0, 0.1) is 0 Å². The van der Waals surface area contributed by atoms with Gasteiger partial charge in [0.25, 0.3) is 0 Å². The summed E-state index contributed by atoms with van der Waals surface area (Å²) in [7, 11) is 0. The summed E-state index contributed by atoms with van der Waals surface area (Å²) in [5.74, 6) is 1.93. The van der Waals surface area contributed by atoms with Crippen molar-refractivity contribution in [3.8, 4) is 56.4 Å². The van der Waals surface area contributed by atoms with Gasteiger partial charge in [-0.15, -0.1) is 0 Å². The molecule has 3 heteroatoms. The van der Waals surface area contributed by atoms with Crippen LogP contribution in [0.1, 0.15) is 22.3 Å². The summed E-state index contributed by atoms with van der Waals surface area (Å²) >= 11 is 0. The first-order valence-electron chi connectivity index (χ1n) is 18.0. The van der Waals surface area contributed by atoms with Gasteiger partial charge in [-0.3, -0.25) is 0 Å². The van der Waals surface area contributed by atoms with Gasteiger partial charge < -0.3 is 0 Å². The Kier molecular flexibility index (Phi) is 7.36. The maximum absolute atomic E-state index is 5.28. The Morgan fingerprint density at radius 1 is 0.302 bits per heavy atom. The first kappa shape index (κ1) is 30.8. The van der Waals surface area contributed by atoms with Gasteiger partial charge in [-0.25, -0.2) is 15.0 Å². The molecule has 1 aromatic heterocycles. The highest BCUT2D eigenvalue weighted by Crippen LogP contribution is 2.58. The topological polar surface area (TPSA) is 38.7 Å². The lowest BCUT2D eigenvalue weighted by Crippen LogP contribution is -2.28. The van der Waals surface area contributed by atoms with E-state index in [1.807, 2.05) is 36.4 Å². The number of aromatic nitrogens is 3. The van der Waals surface area contributed by atoms with Crippen LogP contribution in [-0.2, 0) is 5.41 Å². The molecule has 9 aromatic rings. The van der Waals surface area contributed by atoms with Crippen molar-refractivity contribution in [1.82, 2.24) is 15.0 Å². The maximum Gasteiger partial charge on any atom is 0.165 e. The van der Waals surface area contributed by atoms with E-state index in [9.17, 15) is 0 Å². The number of fused-ring (bicyclic) bond motifs is 4. The highest BCUT2D eigenvalue weighted by molar-refractivity contribution is 6.06. The molecule has 3 nitrogen and oxygen atoms in total. The van der Waals surface area contributed by atoms with E-state index in [0.29, 0.717) is 17.5 Å². The molecule has 0 saturated carbocycles. The van der Waals surface area contributed by atoms with Gasteiger partial charge in [0.1, 0.15) is 0 Å². The quantitative estimate of drug-likeness (QED) is 0.176. The number of rotatable bonds is 6. The van der Waals surface area contributed by atoms with E-state index < -0.39 is 5.41 Å². The second-order valence-electron chi connectivity index (χ2n) is 13.5. The summed E-state index contributed by atoms with van der Waals surface area (Å²) in [4.78, 5) is 15.6. The Bertz CT molecular complexity index is 2660. The van der Waals surface area contributed by atoms with Crippen molar-refractivity contribution in [2.75, 3.05) is 0 Å². The third-order valence-corrected chi connectivity index (χ3v) is 10.6. The lowest BCUT2D eigenvalue weighted by molar-refractivity contribution is 0.768. The lowest BCUT2D eigenvalue weighted by Gasteiger charge is -2.34. The van der Waals surface area contributed by atoms with Crippen LogP contribution in [0.5, 0.6) is 0 Å². The first-order chi connectivity index (χ1) is 26.3. The van der Waals surface area contributed by atoms with Crippen LogP contribution in [0.4, 0.5) is 0 Å². The molecule has 1 aliphatic rings. The summed E-state index contributed by atoms with van der Waals surface area (Å²) in [6, 6.07) is 71.1. The lowest BCUT2D eigenvalue weighted by atomic mass is 9.67. The van der Waals surface area contributed by atoms with E-state index in [1.165, 1.54) is 33.4 Å². The molecule has 10 rings (SSSR count). The van der Waals surface area contributed by atoms with Gasteiger partial charge in [0.15, 0.2) is 17.5 Å². The van der Waals surface area contributed by atoms with Crippen molar-refractivity contribution in [2.45, 2.75) is 5.41 Å². The molecule has 0 bridgehead atoms. The fourth-order valence-electron chi connectivity index (χ4n) is 8.37. The van der Waals surface area contributed by atoms with Crippen LogP contribution in [-0.4, -0.2) is 15.0 Å². The van der Waals surface area contributed by atoms with Crippen LogP contribution in [0.25, 0.3) is 67.2 Å². The standard InChI is InChI=1S/C50H33N3/c1-5-19-35(20-6-1)47-51-48(36-21-7-2-8-22-36)53-49(52-47)46-39-27-14-13-18-34(39)32-33-41(46)40-29-17-31-44-45(40)42-28-15-16-30-43(42)50(44,37-23-9-3-10-24-37)38-25-11-4-12-26-38/h1-33H. The van der Waals surface area contributed by atoms with E-state index in [4.69, 9.17) is 15.0 Å². The van der Waals surface area contributed by atoms with Crippen LogP contribution >= 0.6 is 0 Å². The van der Waals surface area contributed by atoms with Crippen molar-refractivity contribution in [3.05, 3.63) is 222 Å². The zero-order chi connectivity index (χ0) is 35.2. The fraction of sp³-hybridized carbons (Fsp3) is 0.0200. The molecule has 0 radical (unpaired) electrons. The average molecular weight is 676 g/mol. The molecule has 1 aliphatic carbocycles. The minimum absolute atomic E-state index is 0.504. The molecule has 8 aromatic carbocycles. The summed E-state index contributed by atoms with van der Waals surface area (Å²) in [5.41, 5.74) is 12.1. The van der Waals surface area contributed by atoms with E-state index in [1.54, 1.807) is 0 Å². The molecular formula is C50H33N3. The number of hydrogen-bond donors (Lipinski definition) is 0. The molecule has 0 spiro atoms. The highest BCUT2D eigenvalue weighted by Gasteiger charge is 2.46. The zero-order valence-corrected chi connectivity index (χ0v) is 28.9. The minimum atomic E-state index is -0.504. The van der Waals surface area contributed by atoms with Crippen molar-refractivity contribution >= 4 is 10.8 Å². The molecule has 0 unspecified atom stereocenters. The van der Waals surface area contributed by atoms with Crippen molar-refractivity contribution in [1.29, 1.82) is 0 Å². The van der Waals surface area contributed by atoms with E-state index in [2.05, 4.69) is 164 Å². The Balaban J connectivity index is 1.31. The molecule has 0 N–H and O–H groups in total. The SMILES string of the molecule is c1ccc(-c2nc(-c3ccccc3)nc(-c3c(-c4cccc5c4-c4ccccc4C5(c4ccccc4)c4ccccc4)ccc4ccccc34)n2)cc1. The Labute approximate surface area is 309 Å². The van der Waals surface area contributed by atoms with Crippen LogP contribution < -0.4 is 0 Å². The van der Waals surface area contributed by atoms with Gasteiger partial charge >= 0.3 is 0 Å². The molecule has 0 saturated heterocycles. The summed E-state index contributed by atoms with van der Waals surface area (Å²) in [6.45, 7) is 0. The summed E-state index contributed by atoms with van der Waals surface area (Å²) in [5, 5.41) is 2.22. The molecule has 0 atom stereocenters. The number of nitrogens with zero attached hydrogens (tertiary/aromatic N) is 3. The predicted molar refractivity (Wildman–Crippen MR) is 216 cm³/mol. The molecule has 0 amide bonds. The van der Waals surface area contributed by atoms with Crippen LogP contribution in [0.3, 0.4) is 0 Å². The highest BCUT2D eigenvalue weighted by atomic mass is 15.0. The normalized spacial score (nSPS) is 12.7. The third-order valence-electron chi connectivity index (χ3n) is 10.6. The predicted octanol–water partition coefficient (Wildman–Crippen LogP) is 12.1.